The highest BCUT2D eigenvalue weighted by molar-refractivity contribution is 9.10. The average Bonchev–Trinajstić information content (AvgIpc) is 2.20. The molecule has 3 nitrogen and oxygen atoms in total. The van der Waals surface area contributed by atoms with E-state index in [1.165, 1.54) is 5.56 Å². The summed E-state index contributed by atoms with van der Waals surface area (Å²) in [5, 5.41) is 10.1. The number of halogens is 1. The molecular weight excluding hydrogens is 258 g/mol. The molecule has 1 rings (SSSR count). The summed E-state index contributed by atoms with van der Waals surface area (Å²) >= 11 is 3.38. The normalized spacial score (nSPS) is 10.2. The van der Waals surface area contributed by atoms with Crippen LogP contribution in [0.15, 0.2) is 28.7 Å². The number of hydrogen-bond acceptors (Lipinski definition) is 2. The number of hydrogen-bond donors (Lipinski definition) is 0. The van der Waals surface area contributed by atoms with Gasteiger partial charge in [0, 0.05) is 15.8 Å². The lowest BCUT2D eigenvalue weighted by molar-refractivity contribution is -0.480. The van der Waals surface area contributed by atoms with Crippen molar-refractivity contribution in [1.82, 2.24) is 0 Å². The molecule has 0 aliphatic rings. The molecule has 0 spiro atoms. The Labute approximate surface area is 97.8 Å². The van der Waals surface area contributed by atoms with Crippen LogP contribution in [-0.2, 0) is 6.42 Å². The molecule has 0 fully saturated rings. The molecule has 0 aliphatic heterocycles. The highest BCUT2D eigenvalue weighted by atomic mass is 79.9. The number of nitro groups is 1. The van der Waals surface area contributed by atoms with Crippen molar-refractivity contribution in [3.8, 4) is 0 Å². The van der Waals surface area contributed by atoms with Crippen molar-refractivity contribution in [2.24, 2.45) is 0 Å². The van der Waals surface area contributed by atoms with Gasteiger partial charge < -0.3 is 0 Å². The minimum atomic E-state index is -0.250. The molecule has 4 heteroatoms. The lowest BCUT2D eigenvalue weighted by Crippen LogP contribution is -2.00. The van der Waals surface area contributed by atoms with Gasteiger partial charge in [-0.15, -0.1) is 0 Å². The molecule has 0 saturated carbocycles. The zero-order valence-electron chi connectivity index (χ0n) is 8.49. The van der Waals surface area contributed by atoms with E-state index in [-0.39, 0.29) is 11.5 Å². The molecule has 0 amide bonds. The molecule has 82 valence electrons. The molecule has 0 aromatic heterocycles. The first-order valence-electron chi connectivity index (χ1n) is 5.05. The van der Waals surface area contributed by atoms with Crippen molar-refractivity contribution >= 4 is 15.9 Å². The molecule has 0 atom stereocenters. The van der Waals surface area contributed by atoms with Crippen molar-refractivity contribution in [2.45, 2.75) is 25.7 Å². The van der Waals surface area contributed by atoms with Crippen LogP contribution in [0.4, 0.5) is 0 Å². The molecule has 0 bridgehead atoms. The van der Waals surface area contributed by atoms with Crippen LogP contribution in [0.2, 0.25) is 0 Å². The Kier molecular flexibility index (Phi) is 5.32. The largest absolute Gasteiger partial charge is 0.265 e. The van der Waals surface area contributed by atoms with E-state index in [0.29, 0.717) is 6.42 Å². The molecule has 0 heterocycles. The Morgan fingerprint density at radius 3 is 2.40 bits per heavy atom. The minimum Gasteiger partial charge on any atom is -0.265 e. The zero-order chi connectivity index (χ0) is 11.1. The second kappa shape index (κ2) is 6.56. The fourth-order valence-corrected chi connectivity index (χ4v) is 1.66. The Balaban J connectivity index is 2.15. The van der Waals surface area contributed by atoms with Crippen molar-refractivity contribution in [2.75, 3.05) is 6.54 Å². The van der Waals surface area contributed by atoms with Gasteiger partial charge in [0.2, 0.25) is 6.54 Å². The second-order valence-corrected chi connectivity index (χ2v) is 4.41. The number of benzene rings is 1. The zero-order valence-corrected chi connectivity index (χ0v) is 10.1. The standard InChI is InChI=1S/C11H14BrNO2/c12-11-7-5-10(6-8-11)4-2-1-3-9-13(14)15/h5-8H,1-4,9H2. The van der Waals surface area contributed by atoms with E-state index >= 15 is 0 Å². The Bertz CT molecular complexity index is 311. The lowest BCUT2D eigenvalue weighted by Gasteiger charge is -2.00. The number of nitrogens with zero attached hydrogens (tertiary/aromatic N) is 1. The smallest absolute Gasteiger partial charge is 0.203 e. The summed E-state index contributed by atoms with van der Waals surface area (Å²) in [4.78, 5) is 9.82. The number of aryl methyl sites for hydroxylation is 1. The molecule has 0 saturated heterocycles. The Hall–Kier alpha value is -0.900. The van der Waals surface area contributed by atoms with Gasteiger partial charge >= 0.3 is 0 Å². The lowest BCUT2D eigenvalue weighted by atomic mass is 10.1. The molecule has 1 aromatic carbocycles. The van der Waals surface area contributed by atoms with E-state index in [1.54, 1.807) is 0 Å². The summed E-state index contributed by atoms with van der Waals surface area (Å²) in [5.74, 6) is 0. The first kappa shape index (κ1) is 12.2. The van der Waals surface area contributed by atoms with Crippen molar-refractivity contribution in [3.63, 3.8) is 0 Å². The molecular formula is C11H14BrNO2. The van der Waals surface area contributed by atoms with Gasteiger partial charge in [-0.25, -0.2) is 0 Å². The van der Waals surface area contributed by atoms with Gasteiger partial charge in [-0.3, -0.25) is 10.1 Å². The quantitative estimate of drug-likeness (QED) is 0.452. The monoisotopic (exact) mass is 271 g/mol. The van der Waals surface area contributed by atoms with Crippen molar-refractivity contribution < 1.29 is 4.92 Å². The van der Waals surface area contributed by atoms with Crippen LogP contribution >= 0.6 is 15.9 Å². The first-order valence-corrected chi connectivity index (χ1v) is 5.84. The maximum absolute atomic E-state index is 10.1. The summed E-state index contributed by atoms with van der Waals surface area (Å²) in [5.41, 5.74) is 1.29. The van der Waals surface area contributed by atoms with Crippen LogP contribution in [0, 0.1) is 10.1 Å². The fourth-order valence-electron chi connectivity index (χ4n) is 1.40. The third kappa shape index (κ3) is 5.52. The van der Waals surface area contributed by atoms with E-state index < -0.39 is 0 Å². The molecule has 0 radical (unpaired) electrons. The fraction of sp³-hybridized carbons (Fsp3) is 0.455. The molecule has 15 heavy (non-hydrogen) atoms. The summed E-state index contributed by atoms with van der Waals surface area (Å²) in [6.45, 7) is 0.0976. The summed E-state index contributed by atoms with van der Waals surface area (Å²) in [7, 11) is 0. The Morgan fingerprint density at radius 2 is 1.80 bits per heavy atom. The molecule has 0 N–H and O–H groups in total. The average molecular weight is 272 g/mol. The number of unbranched alkanes of at least 4 members (excludes halogenated alkanes) is 2. The van der Waals surface area contributed by atoms with E-state index in [1.807, 2.05) is 12.1 Å². The van der Waals surface area contributed by atoms with Gasteiger partial charge in [0.15, 0.2) is 0 Å². The summed E-state index contributed by atoms with van der Waals surface area (Å²) in [6, 6.07) is 8.20. The minimum absolute atomic E-state index is 0.0976. The van der Waals surface area contributed by atoms with Gasteiger partial charge in [-0.1, -0.05) is 28.1 Å². The van der Waals surface area contributed by atoms with E-state index in [9.17, 15) is 10.1 Å². The summed E-state index contributed by atoms with van der Waals surface area (Å²) < 4.78 is 1.08. The van der Waals surface area contributed by atoms with Gasteiger partial charge in [-0.05, 0) is 37.0 Å². The third-order valence-electron chi connectivity index (χ3n) is 2.22. The predicted octanol–water partition coefficient (Wildman–Crippen LogP) is 3.44. The SMILES string of the molecule is O=[N+]([O-])CCCCCc1ccc(Br)cc1. The van der Waals surface area contributed by atoms with Crippen LogP contribution in [-0.4, -0.2) is 11.5 Å². The number of rotatable bonds is 6. The van der Waals surface area contributed by atoms with Gasteiger partial charge in [0.25, 0.3) is 0 Å². The summed E-state index contributed by atoms with van der Waals surface area (Å²) in [6.07, 6.45) is 3.64. The van der Waals surface area contributed by atoms with Gasteiger partial charge in [-0.2, -0.15) is 0 Å². The highest BCUT2D eigenvalue weighted by Gasteiger charge is 1.97. The maximum Gasteiger partial charge on any atom is 0.203 e. The van der Waals surface area contributed by atoms with Crippen LogP contribution in [0.1, 0.15) is 24.8 Å². The van der Waals surface area contributed by atoms with Crippen LogP contribution in [0.5, 0.6) is 0 Å². The van der Waals surface area contributed by atoms with Crippen LogP contribution in [0.3, 0.4) is 0 Å². The van der Waals surface area contributed by atoms with Gasteiger partial charge in [0.05, 0.1) is 0 Å². The highest BCUT2D eigenvalue weighted by Crippen LogP contribution is 2.12. The third-order valence-corrected chi connectivity index (χ3v) is 2.75. The van der Waals surface area contributed by atoms with E-state index in [2.05, 4.69) is 28.1 Å². The Morgan fingerprint density at radius 1 is 1.13 bits per heavy atom. The van der Waals surface area contributed by atoms with E-state index in [4.69, 9.17) is 0 Å². The van der Waals surface area contributed by atoms with Gasteiger partial charge in [0.1, 0.15) is 0 Å². The predicted molar refractivity (Wildman–Crippen MR) is 63.6 cm³/mol. The molecule has 1 aromatic rings. The second-order valence-electron chi connectivity index (χ2n) is 3.49. The first-order chi connectivity index (χ1) is 7.18. The van der Waals surface area contributed by atoms with Crippen LogP contribution in [0.25, 0.3) is 0 Å². The van der Waals surface area contributed by atoms with Crippen LogP contribution < -0.4 is 0 Å². The van der Waals surface area contributed by atoms with E-state index in [0.717, 1.165) is 23.7 Å². The van der Waals surface area contributed by atoms with Crippen molar-refractivity contribution in [1.29, 1.82) is 0 Å². The maximum atomic E-state index is 10.1. The molecule has 0 aliphatic carbocycles. The molecule has 0 unspecified atom stereocenters. The topological polar surface area (TPSA) is 43.1 Å². The van der Waals surface area contributed by atoms with Crippen molar-refractivity contribution in [3.05, 3.63) is 44.4 Å².